The Morgan fingerprint density at radius 2 is 1.42 bits per heavy atom. The largest absolute Gasteiger partial charge is 0.347 e. The van der Waals surface area contributed by atoms with Gasteiger partial charge in [0.05, 0.1) is 4.90 Å². The first-order chi connectivity index (χ1) is 17.4. The predicted octanol–water partition coefficient (Wildman–Crippen LogP) is 2.04. The summed E-state index contributed by atoms with van der Waals surface area (Å²) >= 11 is 5.71. The SMILES string of the molecule is O=C1N(C2C3CN(S(=O)(=O)c4ccccc4)CC32)C(=S)NC1(Cc1ccncc1)Cc1ccncc1. The van der Waals surface area contributed by atoms with Crippen LogP contribution in [0.3, 0.4) is 0 Å². The molecule has 1 saturated carbocycles. The summed E-state index contributed by atoms with van der Waals surface area (Å²) in [5.41, 5.74) is 1.05. The lowest BCUT2D eigenvalue weighted by Gasteiger charge is -2.28. The van der Waals surface area contributed by atoms with Crippen LogP contribution in [0.25, 0.3) is 0 Å². The molecule has 0 bridgehead atoms. The molecule has 3 fully saturated rings. The minimum absolute atomic E-state index is 0.0574. The second kappa shape index (κ2) is 8.72. The summed E-state index contributed by atoms with van der Waals surface area (Å²) in [5.74, 6) is 0.0904. The molecule has 10 heteroatoms. The fourth-order valence-electron chi connectivity index (χ4n) is 5.69. The Morgan fingerprint density at radius 3 is 1.94 bits per heavy atom. The third kappa shape index (κ3) is 3.89. The van der Waals surface area contributed by atoms with Crippen molar-refractivity contribution in [3.8, 4) is 0 Å². The highest BCUT2D eigenvalue weighted by molar-refractivity contribution is 7.89. The van der Waals surface area contributed by atoms with E-state index in [2.05, 4.69) is 15.3 Å². The van der Waals surface area contributed by atoms with Crippen molar-refractivity contribution in [2.75, 3.05) is 13.1 Å². The number of carbonyl (C=O) groups excluding carboxylic acids is 1. The van der Waals surface area contributed by atoms with Gasteiger partial charge in [-0.3, -0.25) is 19.7 Å². The van der Waals surface area contributed by atoms with E-state index < -0.39 is 15.6 Å². The smallest absolute Gasteiger partial charge is 0.255 e. The molecule has 3 aliphatic rings. The van der Waals surface area contributed by atoms with Crippen LogP contribution in [0, 0.1) is 11.8 Å². The van der Waals surface area contributed by atoms with Gasteiger partial charge in [-0.1, -0.05) is 18.2 Å². The number of carbonyl (C=O) groups is 1. The van der Waals surface area contributed by atoms with Crippen LogP contribution in [0.5, 0.6) is 0 Å². The van der Waals surface area contributed by atoms with Crippen LogP contribution in [0.1, 0.15) is 11.1 Å². The number of aromatic nitrogens is 2. The number of nitrogens with zero attached hydrogens (tertiary/aromatic N) is 4. The fourth-order valence-corrected chi connectivity index (χ4v) is 7.63. The van der Waals surface area contributed by atoms with E-state index in [1.807, 2.05) is 24.3 Å². The molecule has 36 heavy (non-hydrogen) atoms. The molecule has 1 aromatic carbocycles. The van der Waals surface area contributed by atoms with E-state index in [4.69, 9.17) is 12.2 Å². The van der Waals surface area contributed by atoms with Gasteiger partial charge in [-0.05, 0) is 59.7 Å². The van der Waals surface area contributed by atoms with Crippen LogP contribution in [-0.4, -0.2) is 63.3 Å². The number of piperidine rings is 1. The van der Waals surface area contributed by atoms with Crippen molar-refractivity contribution in [1.29, 1.82) is 0 Å². The zero-order chi connectivity index (χ0) is 24.9. The summed E-state index contributed by atoms with van der Waals surface area (Å²) in [6.45, 7) is 0.779. The predicted molar refractivity (Wildman–Crippen MR) is 137 cm³/mol. The van der Waals surface area contributed by atoms with E-state index in [1.165, 1.54) is 4.31 Å². The minimum Gasteiger partial charge on any atom is -0.347 e. The average molecular weight is 520 g/mol. The van der Waals surface area contributed by atoms with Crippen LogP contribution >= 0.6 is 12.2 Å². The standard InChI is InChI=1S/C26H25N5O3S2/c32-24-26(14-18-6-10-27-11-7-18,15-19-8-12-28-13-9-19)29-25(35)31(24)23-21-16-30(17-22(21)23)36(33,34)20-4-2-1-3-5-20/h1-13,21-23H,14-17H2,(H,29,35). The highest BCUT2D eigenvalue weighted by Gasteiger charge is 2.65. The number of thiocarbonyl (C=S) groups is 1. The van der Waals surface area contributed by atoms with Gasteiger partial charge >= 0.3 is 0 Å². The Morgan fingerprint density at radius 1 is 0.889 bits per heavy atom. The monoisotopic (exact) mass is 519 g/mol. The lowest BCUT2D eigenvalue weighted by molar-refractivity contribution is -0.131. The van der Waals surface area contributed by atoms with Gasteiger partial charge < -0.3 is 5.32 Å². The molecule has 1 aliphatic carbocycles. The lowest BCUT2D eigenvalue weighted by atomic mass is 9.85. The van der Waals surface area contributed by atoms with E-state index in [1.54, 1.807) is 60.0 Å². The summed E-state index contributed by atoms with van der Waals surface area (Å²) in [6.07, 6.45) is 7.81. The molecule has 0 radical (unpaired) electrons. The number of pyridine rings is 2. The van der Waals surface area contributed by atoms with Gasteiger partial charge in [0, 0.05) is 68.6 Å². The molecule has 2 aliphatic heterocycles. The van der Waals surface area contributed by atoms with Crippen molar-refractivity contribution >= 4 is 33.3 Å². The maximum atomic E-state index is 14.1. The summed E-state index contributed by atoms with van der Waals surface area (Å²) < 4.78 is 27.7. The third-order valence-corrected chi connectivity index (χ3v) is 9.64. The van der Waals surface area contributed by atoms with Gasteiger partial charge in [-0.25, -0.2) is 8.42 Å². The van der Waals surface area contributed by atoms with E-state index >= 15 is 0 Å². The van der Waals surface area contributed by atoms with Crippen LogP contribution in [0.4, 0.5) is 0 Å². The van der Waals surface area contributed by atoms with Crippen molar-refractivity contribution in [2.45, 2.75) is 29.3 Å². The molecule has 1 amide bonds. The molecular weight excluding hydrogens is 494 g/mol. The van der Waals surface area contributed by atoms with E-state index in [-0.39, 0.29) is 23.8 Å². The molecule has 2 aromatic heterocycles. The van der Waals surface area contributed by atoms with Crippen LogP contribution in [0.15, 0.2) is 84.3 Å². The van der Waals surface area contributed by atoms with Gasteiger partial charge in [0.25, 0.3) is 5.91 Å². The summed E-state index contributed by atoms with van der Waals surface area (Å²) in [7, 11) is -3.55. The van der Waals surface area contributed by atoms with E-state index in [0.717, 1.165) is 11.1 Å². The number of sulfonamides is 1. The first-order valence-corrected chi connectivity index (χ1v) is 13.7. The molecule has 8 nitrogen and oxygen atoms in total. The number of rotatable bonds is 7. The Balaban J connectivity index is 1.23. The molecule has 2 saturated heterocycles. The second-order valence-corrected chi connectivity index (χ2v) is 12.0. The summed E-state index contributed by atoms with van der Waals surface area (Å²) in [4.78, 5) is 24.3. The maximum absolute atomic E-state index is 14.1. The van der Waals surface area contributed by atoms with Gasteiger partial charge in [0.2, 0.25) is 10.0 Å². The van der Waals surface area contributed by atoms with Crippen molar-refractivity contribution < 1.29 is 13.2 Å². The van der Waals surface area contributed by atoms with Crippen LogP contribution in [0.2, 0.25) is 0 Å². The highest BCUT2D eigenvalue weighted by Crippen LogP contribution is 2.52. The normalized spacial score (nSPS) is 25.0. The summed E-state index contributed by atoms with van der Waals surface area (Å²) in [6, 6.07) is 16.0. The van der Waals surface area contributed by atoms with Gasteiger partial charge in [0.15, 0.2) is 5.11 Å². The molecular formula is C26H25N5O3S2. The van der Waals surface area contributed by atoms with Crippen molar-refractivity contribution in [3.05, 3.63) is 90.5 Å². The second-order valence-electron chi connectivity index (χ2n) is 9.71. The number of fused-ring (bicyclic) bond motifs is 1. The summed E-state index contributed by atoms with van der Waals surface area (Å²) in [5, 5.41) is 3.79. The van der Waals surface area contributed by atoms with E-state index in [9.17, 15) is 13.2 Å². The molecule has 6 rings (SSSR count). The number of amides is 1. The van der Waals surface area contributed by atoms with Crippen LogP contribution in [-0.2, 0) is 27.7 Å². The van der Waals surface area contributed by atoms with Crippen molar-refractivity contribution in [2.24, 2.45) is 11.8 Å². The molecule has 0 spiro atoms. The topological polar surface area (TPSA) is 95.5 Å². The molecule has 2 atom stereocenters. The first-order valence-electron chi connectivity index (χ1n) is 11.9. The molecule has 4 heterocycles. The third-order valence-electron chi connectivity index (χ3n) is 7.50. The zero-order valence-electron chi connectivity index (χ0n) is 19.4. The van der Waals surface area contributed by atoms with E-state index in [0.29, 0.717) is 35.9 Å². The van der Waals surface area contributed by atoms with Gasteiger partial charge in [0.1, 0.15) is 5.54 Å². The molecule has 1 N–H and O–H groups in total. The Bertz CT molecular complexity index is 1350. The van der Waals surface area contributed by atoms with Gasteiger partial charge in [-0.2, -0.15) is 4.31 Å². The quantitative estimate of drug-likeness (QED) is 0.478. The molecule has 184 valence electrons. The lowest BCUT2D eigenvalue weighted by Crippen LogP contribution is -2.51. The van der Waals surface area contributed by atoms with Crippen LogP contribution < -0.4 is 5.32 Å². The highest BCUT2D eigenvalue weighted by atomic mass is 32.2. The zero-order valence-corrected chi connectivity index (χ0v) is 21.0. The Labute approximate surface area is 215 Å². The minimum atomic E-state index is -3.55. The maximum Gasteiger partial charge on any atom is 0.255 e. The number of benzene rings is 1. The Kier molecular flexibility index (Phi) is 5.62. The average Bonchev–Trinajstić information content (AvgIpc) is 3.23. The molecule has 3 aromatic rings. The Hall–Kier alpha value is -3.21. The van der Waals surface area contributed by atoms with Gasteiger partial charge in [-0.15, -0.1) is 0 Å². The number of hydrogen-bond acceptors (Lipinski definition) is 6. The first kappa shape index (κ1) is 23.2. The van der Waals surface area contributed by atoms with Crippen molar-refractivity contribution in [1.82, 2.24) is 24.5 Å². The number of hydrogen-bond donors (Lipinski definition) is 1. The van der Waals surface area contributed by atoms with Crippen molar-refractivity contribution in [3.63, 3.8) is 0 Å². The number of nitrogens with one attached hydrogen (secondary N) is 1. The fraction of sp³-hybridized carbons (Fsp3) is 0.308. The molecule has 2 unspecified atom stereocenters.